The fourth-order valence-electron chi connectivity index (χ4n) is 2.48. The van der Waals surface area contributed by atoms with Crippen LogP contribution in [0.25, 0.3) is 11.2 Å². The highest BCUT2D eigenvalue weighted by molar-refractivity contribution is 5.85. The molecule has 0 fully saturated rings. The van der Waals surface area contributed by atoms with E-state index < -0.39 is 0 Å². The molecule has 0 amide bonds. The van der Waals surface area contributed by atoms with E-state index >= 15 is 0 Å². The van der Waals surface area contributed by atoms with E-state index in [-0.39, 0.29) is 5.95 Å². The fourth-order valence-corrected chi connectivity index (χ4v) is 2.48. The highest BCUT2D eigenvalue weighted by Crippen LogP contribution is 2.30. The molecule has 22 heavy (non-hydrogen) atoms. The monoisotopic (exact) mass is 295 g/mol. The Kier molecular flexibility index (Phi) is 3.46. The van der Waals surface area contributed by atoms with Crippen molar-refractivity contribution in [3.8, 4) is 0 Å². The summed E-state index contributed by atoms with van der Waals surface area (Å²) in [6, 6.07) is 3.78. The van der Waals surface area contributed by atoms with Gasteiger partial charge < -0.3 is 11.1 Å². The number of aromatic nitrogens is 5. The van der Waals surface area contributed by atoms with Gasteiger partial charge in [0.2, 0.25) is 5.95 Å². The van der Waals surface area contributed by atoms with Crippen LogP contribution in [0.2, 0.25) is 0 Å². The number of nitrogens with two attached hydrogens (primary N) is 1. The molecule has 0 aliphatic carbocycles. The summed E-state index contributed by atoms with van der Waals surface area (Å²) in [5, 5.41) is 7.24. The van der Waals surface area contributed by atoms with Gasteiger partial charge >= 0.3 is 0 Å². The van der Waals surface area contributed by atoms with Gasteiger partial charge in [-0.3, -0.25) is 0 Å². The molecule has 3 aromatic rings. The number of hydrogen-bond acceptors (Lipinski definition) is 6. The first-order valence-electron chi connectivity index (χ1n) is 6.93. The molecule has 0 saturated heterocycles. The molecule has 0 radical (unpaired) electrons. The van der Waals surface area contributed by atoms with E-state index in [2.05, 4.69) is 25.4 Å². The molecule has 0 aromatic carbocycles. The second-order valence-corrected chi connectivity index (χ2v) is 4.79. The van der Waals surface area contributed by atoms with Gasteiger partial charge in [-0.1, -0.05) is 6.08 Å². The molecule has 7 nitrogen and oxygen atoms in total. The van der Waals surface area contributed by atoms with Crippen LogP contribution in [-0.4, -0.2) is 31.6 Å². The van der Waals surface area contributed by atoms with E-state index in [9.17, 15) is 0 Å². The van der Waals surface area contributed by atoms with E-state index in [0.29, 0.717) is 5.82 Å². The second-order valence-electron chi connectivity index (χ2n) is 4.79. The Morgan fingerprint density at radius 3 is 2.82 bits per heavy atom. The molecule has 3 heterocycles. The molecule has 0 unspecified atom stereocenters. The maximum absolute atomic E-state index is 5.74. The first-order valence-corrected chi connectivity index (χ1v) is 6.93. The lowest BCUT2D eigenvalue weighted by Gasteiger charge is -2.14. The highest BCUT2D eigenvalue weighted by Gasteiger charge is 2.16. The lowest BCUT2D eigenvalue weighted by molar-refractivity contribution is 0.935. The molecule has 3 rings (SSSR count). The minimum absolute atomic E-state index is 0.250. The maximum Gasteiger partial charge on any atom is 0.222 e. The van der Waals surface area contributed by atoms with Crippen LogP contribution in [0.3, 0.4) is 0 Å². The molecule has 0 atom stereocenters. The number of nitrogen functional groups attached to an aromatic ring is 1. The molecule has 3 aromatic heterocycles. The summed E-state index contributed by atoms with van der Waals surface area (Å²) >= 11 is 0. The first-order chi connectivity index (χ1) is 10.6. The van der Waals surface area contributed by atoms with Crippen LogP contribution < -0.4 is 11.1 Å². The third kappa shape index (κ3) is 2.26. The molecule has 0 saturated carbocycles. The predicted molar refractivity (Wildman–Crippen MR) is 86.5 cm³/mol. The van der Waals surface area contributed by atoms with Crippen LogP contribution in [0, 0.1) is 6.92 Å². The SMILES string of the molecule is C/C=C(/c1ccn2nccc2n1)c1c(C)nc(N)nc1NC. The molecular weight excluding hydrogens is 278 g/mol. The van der Waals surface area contributed by atoms with Crippen molar-refractivity contribution >= 4 is 23.0 Å². The Morgan fingerprint density at radius 1 is 1.27 bits per heavy atom. The van der Waals surface area contributed by atoms with Crippen molar-refractivity contribution < 1.29 is 0 Å². The summed E-state index contributed by atoms with van der Waals surface area (Å²) < 4.78 is 1.72. The molecule has 7 heteroatoms. The standard InChI is InChI=1S/C15H17N7/c1-4-10(11-6-8-22-12(20-11)5-7-18-22)13-9(2)19-15(16)21-14(13)17-3/h4-8H,1-3H3,(H3,16,17,19,21)/b10-4-. The summed E-state index contributed by atoms with van der Waals surface area (Å²) in [7, 11) is 1.81. The van der Waals surface area contributed by atoms with Gasteiger partial charge in [0.1, 0.15) is 5.82 Å². The molecular formula is C15H17N7. The van der Waals surface area contributed by atoms with Crippen molar-refractivity contribution in [2.45, 2.75) is 13.8 Å². The number of fused-ring (bicyclic) bond motifs is 1. The van der Waals surface area contributed by atoms with Crippen LogP contribution in [0.4, 0.5) is 11.8 Å². The largest absolute Gasteiger partial charge is 0.372 e. The Morgan fingerprint density at radius 2 is 2.09 bits per heavy atom. The van der Waals surface area contributed by atoms with Crippen LogP contribution in [0.15, 0.2) is 30.6 Å². The van der Waals surface area contributed by atoms with Gasteiger partial charge in [-0.25, -0.2) is 14.5 Å². The van der Waals surface area contributed by atoms with Crippen molar-refractivity contribution in [3.63, 3.8) is 0 Å². The number of rotatable bonds is 3. The van der Waals surface area contributed by atoms with Gasteiger partial charge in [-0.15, -0.1) is 0 Å². The van der Waals surface area contributed by atoms with E-state index in [1.807, 2.05) is 45.3 Å². The zero-order valence-corrected chi connectivity index (χ0v) is 12.7. The third-order valence-electron chi connectivity index (χ3n) is 3.44. The molecule has 0 bridgehead atoms. The number of hydrogen-bond donors (Lipinski definition) is 2. The minimum atomic E-state index is 0.250. The van der Waals surface area contributed by atoms with Gasteiger partial charge in [0, 0.05) is 30.4 Å². The van der Waals surface area contributed by atoms with Gasteiger partial charge in [0.05, 0.1) is 17.6 Å². The van der Waals surface area contributed by atoms with Crippen LogP contribution in [0.5, 0.6) is 0 Å². The Labute approximate surface area is 127 Å². The zero-order chi connectivity index (χ0) is 15.7. The van der Waals surface area contributed by atoms with Gasteiger partial charge in [0.15, 0.2) is 5.65 Å². The average molecular weight is 295 g/mol. The Bertz CT molecular complexity index is 863. The quantitative estimate of drug-likeness (QED) is 0.766. The first kappa shape index (κ1) is 14.0. The maximum atomic E-state index is 5.74. The number of allylic oxidation sites excluding steroid dienone is 1. The smallest absolute Gasteiger partial charge is 0.222 e. The van der Waals surface area contributed by atoms with E-state index in [1.54, 1.807) is 10.7 Å². The predicted octanol–water partition coefficient (Wildman–Crippen LogP) is 1.90. The number of aryl methyl sites for hydroxylation is 1. The molecule has 0 aliphatic heterocycles. The number of anilines is 2. The average Bonchev–Trinajstić information content (AvgIpc) is 2.97. The van der Waals surface area contributed by atoms with Crippen molar-refractivity contribution in [1.82, 2.24) is 24.6 Å². The molecule has 3 N–H and O–H groups in total. The summed E-state index contributed by atoms with van der Waals surface area (Å²) in [5.74, 6) is 0.938. The lowest BCUT2D eigenvalue weighted by atomic mass is 10.0. The van der Waals surface area contributed by atoms with Crippen LogP contribution in [-0.2, 0) is 0 Å². The zero-order valence-electron chi connectivity index (χ0n) is 12.7. The number of nitrogens with zero attached hydrogens (tertiary/aromatic N) is 5. The van der Waals surface area contributed by atoms with Crippen LogP contribution in [0.1, 0.15) is 23.9 Å². The molecule has 112 valence electrons. The van der Waals surface area contributed by atoms with Gasteiger partial charge in [0.25, 0.3) is 0 Å². The normalized spacial score (nSPS) is 11.9. The summed E-state index contributed by atoms with van der Waals surface area (Å²) in [6.45, 7) is 3.88. The molecule has 0 aliphatic rings. The summed E-state index contributed by atoms with van der Waals surface area (Å²) in [5.41, 5.74) is 10.0. The van der Waals surface area contributed by atoms with Crippen molar-refractivity contribution in [1.29, 1.82) is 0 Å². The van der Waals surface area contributed by atoms with Gasteiger partial charge in [-0.2, -0.15) is 10.1 Å². The Balaban J connectivity index is 2.20. The van der Waals surface area contributed by atoms with E-state index in [0.717, 1.165) is 28.2 Å². The van der Waals surface area contributed by atoms with Gasteiger partial charge in [-0.05, 0) is 19.9 Å². The van der Waals surface area contributed by atoms with E-state index in [1.165, 1.54) is 0 Å². The topological polar surface area (TPSA) is 94.0 Å². The summed E-state index contributed by atoms with van der Waals surface area (Å²) in [6.07, 6.45) is 5.60. The van der Waals surface area contributed by atoms with Crippen molar-refractivity contribution in [2.24, 2.45) is 0 Å². The lowest BCUT2D eigenvalue weighted by Crippen LogP contribution is -2.08. The Hall–Kier alpha value is -2.96. The van der Waals surface area contributed by atoms with Crippen LogP contribution >= 0.6 is 0 Å². The third-order valence-corrected chi connectivity index (χ3v) is 3.44. The second kappa shape index (κ2) is 5.44. The number of nitrogens with one attached hydrogen (secondary N) is 1. The highest BCUT2D eigenvalue weighted by atomic mass is 15.2. The molecule has 0 spiro atoms. The minimum Gasteiger partial charge on any atom is -0.372 e. The van der Waals surface area contributed by atoms with E-state index in [4.69, 9.17) is 5.73 Å². The fraction of sp³-hybridized carbons (Fsp3) is 0.200. The summed E-state index contributed by atoms with van der Waals surface area (Å²) in [4.78, 5) is 13.2. The van der Waals surface area contributed by atoms with Crippen molar-refractivity contribution in [2.75, 3.05) is 18.1 Å². The van der Waals surface area contributed by atoms with Crippen molar-refractivity contribution in [3.05, 3.63) is 47.6 Å².